The van der Waals surface area contributed by atoms with E-state index >= 15 is 0 Å². The molecule has 0 atom stereocenters. The molecule has 1 fully saturated rings. The van der Waals surface area contributed by atoms with Gasteiger partial charge in [0, 0.05) is 0 Å². The summed E-state index contributed by atoms with van der Waals surface area (Å²) in [7, 11) is 0. The molecule has 0 bridgehead atoms. The van der Waals surface area contributed by atoms with Gasteiger partial charge in [0.2, 0.25) is 11.8 Å². The van der Waals surface area contributed by atoms with Gasteiger partial charge in [0.15, 0.2) is 5.69 Å². The van der Waals surface area contributed by atoms with Crippen LogP contribution in [0.15, 0.2) is 6.33 Å². The molecule has 2 rings (SSSR count). The Bertz CT molecular complexity index is 351. The minimum Gasteiger partial charge on any atom is -0.476 e. The number of anilines is 1. The molecule has 1 heterocycles. The number of ether oxygens (including phenoxy) is 2. The minimum atomic E-state index is 0.242. The van der Waals surface area contributed by atoms with Crippen LogP contribution < -0.4 is 15.2 Å². The van der Waals surface area contributed by atoms with Gasteiger partial charge in [-0.1, -0.05) is 0 Å². The summed E-state index contributed by atoms with van der Waals surface area (Å²) in [5.41, 5.74) is 6.27. The van der Waals surface area contributed by atoms with E-state index in [4.69, 9.17) is 15.2 Å². The fourth-order valence-corrected chi connectivity index (χ4v) is 1.87. The van der Waals surface area contributed by atoms with Gasteiger partial charge in [-0.2, -0.15) is 9.97 Å². The smallest absolute Gasteiger partial charge is 0.244 e. The zero-order chi connectivity index (χ0) is 11.4. The number of nitrogens with zero attached hydrogens (tertiary/aromatic N) is 2. The molecule has 88 valence electrons. The van der Waals surface area contributed by atoms with Crippen molar-refractivity contribution in [1.29, 1.82) is 0 Å². The average molecular weight is 223 g/mol. The fraction of sp³-hybridized carbons (Fsp3) is 0.636. The van der Waals surface area contributed by atoms with Crippen LogP contribution in [-0.4, -0.2) is 22.7 Å². The number of hydrogen-bond donors (Lipinski definition) is 1. The van der Waals surface area contributed by atoms with E-state index < -0.39 is 0 Å². The van der Waals surface area contributed by atoms with Crippen molar-refractivity contribution in [1.82, 2.24) is 9.97 Å². The number of nitrogen functional groups attached to an aromatic ring is 1. The van der Waals surface area contributed by atoms with Crippen LogP contribution in [0, 0.1) is 0 Å². The van der Waals surface area contributed by atoms with Crippen molar-refractivity contribution in [3.05, 3.63) is 6.33 Å². The van der Waals surface area contributed by atoms with E-state index in [-0.39, 0.29) is 6.10 Å². The molecule has 0 aromatic carbocycles. The number of nitrogens with two attached hydrogens (primary N) is 1. The van der Waals surface area contributed by atoms with E-state index in [1.54, 1.807) is 0 Å². The molecular formula is C11H17N3O2. The van der Waals surface area contributed by atoms with Crippen molar-refractivity contribution in [2.45, 2.75) is 38.7 Å². The van der Waals surface area contributed by atoms with Gasteiger partial charge in [-0.3, -0.25) is 0 Å². The summed E-state index contributed by atoms with van der Waals surface area (Å²) in [4.78, 5) is 8.01. The van der Waals surface area contributed by atoms with E-state index in [1.807, 2.05) is 6.92 Å². The Balaban J connectivity index is 2.10. The summed E-state index contributed by atoms with van der Waals surface area (Å²) in [6.45, 7) is 2.42. The highest BCUT2D eigenvalue weighted by Crippen LogP contribution is 2.30. The van der Waals surface area contributed by atoms with Crippen LogP contribution >= 0.6 is 0 Å². The third kappa shape index (κ3) is 2.35. The Morgan fingerprint density at radius 3 is 2.69 bits per heavy atom. The van der Waals surface area contributed by atoms with Gasteiger partial charge in [0.25, 0.3) is 0 Å². The van der Waals surface area contributed by atoms with E-state index in [9.17, 15) is 0 Å². The molecule has 5 nitrogen and oxygen atoms in total. The fourth-order valence-electron chi connectivity index (χ4n) is 1.87. The predicted octanol–water partition coefficient (Wildman–Crippen LogP) is 1.78. The van der Waals surface area contributed by atoms with Gasteiger partial charge in [0.1, 0.15) is 12.4 Å². The zero-order valence-corrected chi connectivity index (χ0v) is 9.48. The molecule has 1 aliphatic carbocycles. The van der Waals surface area contributed by atoms with E-state index in [2.05, 4.69) is 9.97 Å². The highest BCUT2D eigenvalue weighted by molar-refractivity contribution is 5.55. The lowest BCUT2D eigenvalue weighted by Crippen LogP contribution is -2.14. The molecule has 1 aliphatic rings. The second-order valence-corrected chi connectivity index (χ2v) is 3.85. The third-order valence-corrected chi connectivity index (χ3v) is 2.67. The van der Waals surface area contributed by atoms with Crippen LogP contribution in [0.2, 0.25) is 0 Å². The largest absolute Gasteiger partial charge is 0.476 e. The summed E-state index contributed by atoms with van der Waals surface area (Å²) in [5, 5.41) is 0. The second-order valence-electron chi connectivity index (χ2n) is 3.85. The normalized spacial score (nSPS) is 16.3. The first-order valence-corrected chi connectivity index (χ1v) is 5.71. The van der Waals surface area contributed by atoms with Gasteiger partial charge in [-0.05, 0) is 32.6 Å². The first-order chi connectivity index (χ1) is 7.81. The maximum atomic E-state index is 5.87. The SMILES string of the molecule is CCOc1ncnc(OC2CCCC2)c1N. The molecule has 0 aliphatic heterocycles. The molecule has 0 unspecified atom stereocenters. The average Bonchev–Trinajstić information content (AvgIpc) is 2.77. The molecular weight excluding hydrogens is 206 g/mol. The Morgan fingerprint density at radius 2 is 2.00 bits per heavy atom. The van der Waals surface area contributed by atoms with Crippen molar-refractivity contribution in [2.75, 3.05) is 12.3 Å². The van der Waals surface area contributed by atoms with Crippen molar-refractivity contribution < 1.29 is 9.47 Å². The van der Waals surface area contributed by atoms with Crippen molar-refractivity contribution >= 4 is 5.69 Å². The topological polar surface area (TPSA) is 70.3 Å². The van der Waals surface area contributed by atoms with Crippen molar-refractivity contribution in [3.8, 4) is 11.8 Å². The lowest BCUT2D eigenvalue weighted by Gasteiger charge is -2.14. The Labute approximate surface area is 95.0 Å². The van der Waals surface area contributed by atoms with E-state index in [1.165, 1.54) is 19.2 Å². The van der Waals surface area contributed by atoms with Crippen LogP contribution in [0.25, 0.3) is 0 Å². The Kier molecular flexibility index (Phi) is 3.44. The molecule has 0 saturated heterocycles. The maximum Gasteiger partial charge on any atom is 0.244 e. The number of rotatable bonds is 4. The molecule has 0 spiro atoms. The first kappa shape index (κ1) is 11.0. The van der Waals surface area contributed by atoms with Gasteiger partial charge in [-0.15, -0.1) is 0 Å². The van der Waals surface area contributed by atoms with E-state index in [0.717, 1.165) is 12.8 Å². The zero-order valence-electron chi connectivity index (χ0n) is 9.48. The molecule has 0 amide bonds. The maximum absolute atomic E-state index is 5.87. The molecule has 16 heavy (non-hydrogen) atoms. The van der Waals surface area contributed by atoms with Crippen LogP contribution in [-0.2, 0) is 0 Å². The van der Waals surface area contributed by atoms with Gasteiger partial charge < -0.3 is 15.2 Å². The van der Waals surface area contributed by atoms with Gasteiger partial charge >= 0.3 is 0 Å². The van der Waals surface area contributed by atoms with Crippen LogP contribution in [0.3, 0.4) is 0 Å². The molecule has 5 heteroatoms. The number of aromatic nitrogens is 2. The van der Waals surface area contributed by atoms with E-state index in [0.29, 0.717) is 24.1 Å². The minimum absolute atomic E-state index is 0.242. The highest BCUT2D eigenvalue weighted by atomic mass is 16.5. The van der Waals surface area contributed by atoms with Crippen molar-refractivity contribution in [2.24, 2.45) is 0 Å². The quantitative estimate of drug-likeness (QED) is 0.842. The summed E-state index contributed by atoms with van der Waals surface area (Å²) in [6.07, 6.45) is 6.25. The molecule has 1 saturated carbocycles. The monoisotopic (exact) mass is 223 g/mol. The summed E-state index contributed by atoms with van der Waals surface area (Å²) >= 11 is 0. The van der Waals surface area contributed by atoms with Crippen molar-refractivity contribution in [3.63, 3.8) is 0 Å². The first-order valence-electron chi connectivity index (χ1n) is 5.71. The van der Waals surface area contributed by atoms with Gasteiger partial charge in [0.05, 0.1) is 6.61 Å². The molecule has 2 N–H and O–H groups in total. The second kappa shape index (κ2) is 5.01. The Hall–Kier alpha value is -1.52. The standard InChI is InChI=1S/C11H17N3O2/c1-2-15-10-9(12)11(14-7-13-10)16-8-5-3-4-6-8/h7-8H,2-6,12H2,1H3. The Morgan fingerprint density at radius 1 is 1.31 bits per heavy atom. The molecule has 1 aromatic heterocycles. The number of hydrogen-bond acceptors (Lipinski definition) is 5. The lowest BCUT2D eigenvalue weighted by atomic mass is 10.3. The highest BCUT2D eigenvalue weighted by Gasteiger charge is 2.19. The predicted molar refractivity (Wildman–Crippen MR) is 60.5 cm³/mol. The third-order valence-electron chi connectivity index (χ3n) is 2.67. The molecule has 0 radical (unpaired) electrons. The lowest BCUT2D eigenvalue weighted by molar-refractivity contribution is 0.201. The van der Waals surface area contributed by atoms with Crippen LogP contribution in [0.1, 0.15) is 32.6 Å². The van der Waals surface area contributed by atoms with Gasteiger partial charge in [-0.25, -0.2) is 0 Å². The van der Waals surface area contributed by atoms with Crippen LogP contribution in [0.4, 0.5) is 5.69 Å². The van der Waals surface area contributed by atoms with Crippen LogP contribution in [0.5, 0.6) is 11.8 Å². The summed E-state index contributed by atoms with van der Waals surface area (Å²) < 4.78 is 11.0. The summed E-state index contributed by atoms with van der Waals surface area (Å²) in [6, 6.07) is 0. The summed E-state index contributed by atoms with van der Waals surface area (Å²) in [5.74, 6) is 0.857. The molecule has 1 aromatic rings.